The molecule has 80 valence electrons. The van der Waals surface area contributed by atoms with E-state index in [0.29, 0.717) is 5.92 Å². The lowest BCUT2D eigenvalue weighted by Crippen LogP contribution is -2.17. The monoisotopic (exact) mass is 204 g/mol. The van der Waals surface area contributed by atoms with E-state index in [1.165, 1.54) is 0 Å². The molecule has 1 fully saturated rings. The summed E-state index contributed by atoms with van der Waals surface area (Å²) >= 11 is 0. The van der Waals surface area contributed by atoms with Gasteiger partial charge in [0.25, 0.3) is 0 Å². The van der Waals surface area contributed by atoms with Gasteiger partial charge in [-0.15, -0.1) is 0 Å². The van der Waals surface area contributed by atoms with Gasteiger partial charge in [-0.2, -0.15) is 0 Å². The van der Waals surface area contributed by atoms with Crippen molar-refractivity contribution in [2.45, 2.75) is 25.7 Å². The number of Topliss-reactive ketones (excluding diaryl/α,β-unsaturated/α-hetero) is 1. The van der Waals surface area contributed by atoms with Gasteiger partial charge in [0.15, 0.2) is 5.78 Å². The van der Waals surface area contributed by atoms with Gasteiger partial charge >= 0.3 is 0 Å². The van der Waals surface area contributed by atoms with Crippen molar-refractivity contribution in [2.24, 2.45) is 0 Å². The van der Waals surface area contributed by atoms with E-state index < -0.39 is 0 Å². The maximum absolute atomic E-state index is 11.5. The van der Waals surface area contributed by atoms with Crippen LogP contribution in [0.5, 0.6) is 0 Å². The Kier molecular flexibility index (Phi) is 3.17. The molecule has 15 heavy (non-hydrogen) atoms. The molecule has 1 saturated heterocycles. The van der Waals surface area contributed by atoms with Crippen molar-refractivity contribution in [3.8, 4) is 0 Å². The molecule has 1 aromatic rings. The molecular formula is C13H16O2. The van der Waals surface area contributed by atoms with Crippen LogP contribution in [0, 0.1) is 0 Å². The van der Waals surface area contributed by atoms with Crippen LogP contribution in [0.2, 0.25) is 0 Å². The highest BCUT2D eigenvalue weighted by Gasteiger charge is 2.19. The number of carbonyl (C=O) groups is 1. The second-order valence-electron chi connectivity index (χ2n) is 4.06. The number of hydrogen-bond donors (Lipinski definition) is 0. The Morgan fingerprint density at radius 1 is 1.40 bits per heavy atom. The lowest BCUT2D eigenvalue weighted by Gasteiger charge is -2.23. The molecule has 0 radical (unpaired) electrons. The van der Waals surface area contributed by atoms with Gasteiger partial charge in [0, 0.05) is 18.1 Å². The Bertz CT molecular complexity index is 351. The van der Waals surface area contributed by atoms with E-state index in [0.717, 1.165) is 37.2 Å². The van der Waals surface area contributed by atoms with E-state index in [4.69, 9.17) is 4.74 Å². The van der Waals surface area contributed by atoms with Crippen LogP contribution >= 0.6 is 0 Å². The fourth-order valence-corrected chi connectivity index (χ4v) is 2.16. The molecule has 0 aromatic heterocycles. The molecule has 1 unspecified atom stereocenters. The van der Waals surface area contributed by atoms with Crippen LogP contribution in [-0.2, 0) is 4.74 Å². The highest BCUT2D eigenvalue weighted by molar-refractivity contribution is 5.95. The zero-order chi connectivity index (χ0) is 10.7. The quantitative estimate of drug-likeness (QED) is 0.692. The Labute approximate surface area is 90.3 Å². The first kappa shape index (κ1) is 10.4. The maximum atomic E-state index is 11.5. The predicted octanol–water partition coefficient (Wildman–Crippen LogP) is 2.78. The van der Waals surface area contributed by atoms with Gasteiger partial charge in [0.2, 0.25) is 0 Å². The van der Waals surface area contributed by atoms with Crippen molar-refractivity contribution in [2.75, 3.05) is 13.2 Å². The number of hydrogen-bond acceptors (Lipinski definition) is 2. The van der Waals surface area contributed by atoms with Crippen LogP contribution in [-0.4, -0.2) is 19.0 Å². The molecule has 0 bridgehead atoms. The van der Waals surface area contributed by atoms with Gasteiger partial charge < -0.3 is 4.74 Å². The predicted molar refractivity (Wildman–Crippen MR) is 59.2 cm³/mol. The van der Waals surface area contributed by atoms with Crippen LogP contribution in [0.3, 0.4) is 0 Å². The zero-order valence-electron chi connectivity index (χ0n) is 9.03. The molecule has 2 heteroatoms. The van der Waals surface area contributed by atoms with Crippen molar-refractivity contribution < 1.29 is 9.53 Å². The smallest absolute Gasteiger partial charge is 0.160 e. The van der Waals surface area contributed by atoms with E-state index in [2.05, 4.69) is 6.07 Å². The summed E-state index contributed by atoms with van der Waals surface area (Å²) in [6.07, 6.45) is 2.22. The van der Waals surface area contributed by atoms with E-state index in [1.54, 1.807) is 6.92 Å². The second kappa shape index (κ2) is 4.58. The van der Waals surface area contributed by atoms with E-state index in [-0.39, 0.29) is 5.78 Å². The highest BCUT2D eigenvalue weighted by atomic mass is 16.5. The van der Waals surface area contributed by atoms with Gasteiger partial charge in [0.05, 0.1) is 6.61 Å². The minimum atomic E-state index is 0.149. The molecular weight excluding hydrogens is 188 g/mol. The van der Waals surface area contributed by atoms with Gasteiger partial charge in [0.1, 0.15) is 0 Å². The Balaban J connectivity index is 2.29. The molecule has 2 rings (SSSR count). The first-order valence-electron chi connectivity index (χ1n) is 5.46. The largest absolute Gasteiger partial charge is 0.381 e. The first-order chi connectivity index (χ1) is 7.29. The van der Waals surface area contributed by atoms with Crippen molar-refractivity contribution in [3.63, 3.8) is 0 Å². The molecule has 1 heterocycles. The molecule has 1 aliphatic rings. The molecule has 2 nitrogen and oxygen atoms in total. The Morgan fingerprint density at radius 3 is 2.87 bits per heavy atom. The second-order valence-corrected chi connectivity index (χ2v) is 4.06. The van der Waals surface area contributed by atoms with Crippen molar-refractivity contribution in [3.05, 3.63) is 35.4 Å². The summed E-state index contributed by atoms with van der Waals surface area (Å²) in [6, 6.07) is 7.88. The number of ether oxygens (including phenoxy) is 1. The summed E-state index contributed by atoms with van der Waals surface area (Å²) in [6.45, 7) is 3.24. The molecule has 0 N–H and O–H groups in total. The van der Waals surface area contributed by atoms with Gasteiger partial charge in [-0.25, -0.2) is 0 Å². The maximum Gasteiger partial charge on any atom is 0.160 e. The summed E-state index contributed by atoms with van der Waals surface area (Å²) in [5.41, 5.74) is 2.01. The van der Waals surface area contributed by atoms with Crippen molar-refractivity contribution in [1.29, 1.82) is 0 Å². The summed E-state index contributed by atoms with van der Waals surface area (Å²) in [5, 5.41) is 0. The van der Waals surface area contributed by atoms with E-state index in [9.17, 15) is 4.79 Å². The molecule has 0 spiro atoms. The number of benzene rings is 1. The molecule has 0 saturated carbocycles. The third kappa shape index (κ3) is 2.26. The summed E-state index contributed by atoms with van der Waals surface area (Å²) in [5.74, 6) is 0.551. The number of carbonyl (C=O) groups excluding carboxylic acids is 1. The normalized spacial score (nSPS) is 21.3. The number of ketones is 1. The Hall–Kier alpha value is -1.15. The summed E-state index contributed by atoms with van der Waals surface area (Å²) < 4.78 is 5.46. The SMILES string of the molecule is CC(=O)c1ccccc1C1CCCOC1. The minimum Gasteiger partial charge on any atom is -0.381 e. The van der Waals surface area contributed by atoms with Crippen LogP contribution in [0.4, 0.5) is 0 Å². The van der Waals surface area contributed by atoms with E-state index in [1.807, 2.05) is 18.2 Å². The lowest BCUT2D eigenvalue weighted by atomic mass is 9.89. The topological polar surface area (TPSA) is 26.3 Å². The minimum absolute atomic E-state index is 0.149. The summed E-state index contributed by atoms with van der Waals surface area (Å²) in [4.78, 5) is 11.5. The average molecular weight is 204 g/mol. The molecule has 1 aromatic carbocycles. The van der Waals surface area contributed by atoms with Gasteiger partial charge in [-0.1, -0.05) is 24.3 Å². The van der Waals surface area contributed by atoms with Gasteiger partial charge in [-0.3, -0.25) is 4.79 Å². The van der Waals surface area contributed by atoms with Crippen LogP contribution in [0.1, 0.15) is 41.6 Å². The fraction of sp³-hybridized carbons (Fsp3) is 0.462. The first-order valence-corrected chi connectivity index (χ1v) is 5.46. The average Bonchev–Trinajstić information content (AvgIpc) is 2.30. The zero-order valence-corrected chi connectivity index (χ0v) is 9.03. The van der Waals surface area contributed by atoms with Crippen LogP contribution in [0.25, 0.3) is 0 Å². The molecule has 1 atom stereocenters. The summed E-state index contributed by atoms with van der Waals surface area (Å²) in [7, 11) is 0. The number of rotatable bonds is 2. The van der Waals surface area contributed by atoms with Crippen LogP contribution in [0.15, 0.2) is 24.3 Å². The van der Waals surface area contributed by atoms with Crippen molar-refractivity contribution >= 4 is 5.78 Å². The van der Waals surface area contributed by atoms with Crippen molar-refractivity contribution in [1.82, 2.24) is 0 Å². The van der Waals surface area contributed by atoms with E-state index >= 15 is 0 Å². The highest BCUT2D eigenvalue weighted by Crippen LogP contribution is 2.28. The third-order valence-corrected chi connectivity index (χ3v) is 2.94. The third-order valence-electron chi connectivity index (χ3n) is 2.94. The lowest BCUT2D eigenvalue weighted by molar-refractivity contribution is 0.0798. The van der Waals surface area contributed by atoms with Crippen LogP contribution < -0.4 is 0 Å². The Morgan fingerprint density at radius 2 is 2.20 bits per heavy atom. The molecule has 1 aliphatic heterocycles. The molecule has 0 amide bonds. The molecule has 0 aliphatic carbocycles. The standard InChI is InChI=1S/C13H16O2/c1-10(14)12-6-2-3-7-13(12)11-5-4-8-15-9-11/h2-3,6-7,11H,4-5,8-9H2,1H3. The van der Waals surface area contributed by atoms with Gasteiger partial charge in [-0.05, 0) is 25.3 Å². The fourth-order valence-electron chi connectivity index (χ4n) is 2.16.